The Morgan fingerprint density at radius 1 is 1.47 bits per heavy atom. The number of hydrogen-bond acceptors (Lipinski definition) is 4. The van der Waals surface area contributed by atoms with Gasteiger partial charge in [-0.1, -0.05) is 0 Å². The minimum atomic E-state index is -0.0181. The minimum absolute atomic E-state index is 0.0181. The molecule has 1 saturated heterocycles. The molecule has 3 heterocycles. The molecule has 0 spiro atoms. The molecule has 100 valence electrons. The third-order valence-corrected chi connectivity index (χ3v) is 4.49. The molecule has 3 rings (SSSR count). The van der Waals surface area contributed by atoms with Crippen molar-refractivity contribution in [2.75, 3.05) is 6.54 Å². The average molecular weight is 276 g/mol. The van der Waals surface area contributed by atoms with Crippen LogP contribution in [-0.4, -0.2) is 12.5 Å². The van der Waals surface area contributed by atoms with Crippen molar-refractivity contribution in [3.05, 3.63) is 46.0 Å². The van der Waals surface area contributed by atoms with Gasteiger partial charge in [-0.2, -0.15) is 0 Å². The van der Waals surface area contributed by atoms with E-state index in [9.17, 15) is 4.79 Å². The van der Waals surface area contributed by atoms with Crippen LogP contribution in [0.1, 0.15) is 39.0 Å². The molecule has 1 aliphatic rings. The van der Waals surface area contributed by atoms with Crippen molar-refractivity contribution in [2.45, 2.75) is 25.4 Å². The van der Waals surface area contributed by atoms with Gasteiger partial charge in [-0.25, -0.2) is 0 Å². The number of nitrogens with one attached hydrogen (secondary N) is 2. The van der Waals surface area contributed by atoms with Crippen molar-refractivity contribution in [3.63, 3.8) is 0 Å². The highest BCUT2D eigenvalue weighted by molar-refractivity contribution is 7.14. The lowest BCUT2D eigenvalue weighted by atomic mass is 10.2. The zero-order valence-corrected chi connectivity index (χ0v) is 11.3. The lowest BCUT2D eigenvalue weighted by Gasteiger charge is -2.06. The third kappa shape index (κ3) is 2.88. The molecule has 2 aromatic heterocycles. The lowest BCUT2D eigenvalue weighted by molar-refractivity contribution is 0.0955. The average Bonchev–Trinajstić information content (AvgIpc) is 3.14. The number of rotatable bonds is 4. The summed E-state index contributed by atoms with van der Waals surface area (Å²) in [6.07, 6.45) is 5.63. The summed E-state index contributed by atoms with van der Waals surface area (Å²) >= 11 is 1.58. The highest BCUT2D eigenvalue weighted by Gasteiger charge is 2.19. The first kappa shape index (κ1) is 12.4. The largest absolute Gasteiger partial charge is 0.472 e. The first-order valence-corrected chi connectivity index (χ1v) is 7.27. The molecule has 1 fully saturated rings. The molecule has 2 N–H and O–H groups in total. The fourth-order valence-electron chi connectivity index (χ4n) is 2.25. The maximum absolute atomic E-state index is 12.0. The Hall–Kier alpha value is -1.59. The number of carbonyl (C=O) groups excluding carboxylic acids is 1. The summed E-state index contributed by atoms with van der Waals surface area (Å²) in [7, 11) is 0. The fourth-order valence-corrected chi connectivity index (χ4v) is 3.29. The predicted octanol–water partition coefficient (Wildman–Crippen LogP) is 2.70. The van der Waals surface area contributed by atoms with Crippen LogP contribution in [0.2, 0.25) is 0 Å². The smallest absolute Gasteiger partial charge is 0.261 e. The standard InChI is InChI=1S/C14H16N2O2S/c17-14(16-8-10-5-7-18-9-10)13-4-3-12(19-13)11-2-1-6-15-11/h3-5,7,9,11,15H,1-2,6,8H2,(H,16,17). The van der Waals surface area contributed by atoms with Gasteiger partial charge in [0, 0.05) is 23.0 Å². The molecule has 19 heavy (non-hydrogen) atoms. The lowest BCUT2D eigenvalue weighted by Crippen LogP contribution is -2.21. The van der Waals surface area contributed by atoms with Crippen LogP contribution in [-0.2, 0) is 6.54 Å². The van der Waals surface area contributed by atoms with Gasteiger partial charge in [0.1, 0.15) is 0 Å². The molecule has 0 saturated carbocycles. The Morgan fingerprint density at radius 2 is 2.42 bits per heavy atom. The monoisotopic (exact) mass is 276 g/mol. The molecule has 4 nitrogen and oxygen atoms in total. The molecule has 5 heteroatoms. The van der Waals surface area contributed by atoms with E-state index < -0.39 is 0 Å². The maximum Gasteiger partial charge on any atom is 0.261 e. The van der Waals surface area contributed by atoms with Gasteiger partial charge in [0.25, 0.3) is 5.91 Å². The van der Waals surface area contributed by atoms with E-state index in [1.807, 2.05) is 12.1 Å². The molecule has 1 unspecified atom stereocenters. The second-order valence-electron chi connectivity index (χ2n) is 4.67. The van der Waals surface area contributed by atoms with Gasteiger partial charge < -0.3 is 15.1 Å². The minimum Gasteiger partial charge on any atom is -0.472 e. The topological polar surface area (TPSA) is 54.3 Å². The summed E-state index contributed by atoms with van der Waals surface area (Å²) in [4.78, 5) is 14.0. The van der Waals surface area contributed by atoms with Crippen molar-refractivity contribution in [1.29, 1.82) is 0 Å². The van der Waals surface area contributed by atoms with Crippen molar-refractivity contribution in [1.82, 2.24) is 10.6 Å². The molecule has 1 aliphatic heterocycles. The van der Waals surface area contributed by atoms with E-state index in [-0.39, 0.29) is 5.91 Å². The van der Waals surface area contributed by atoms with Crippen LogP contribution in [0.25, 0.3) is 0 Å². The van der Waals surface area contributed by atoms with E-state index in [1.54, 1.807) is 23.9 Å². The van der Waals surface area contributed by atoms with Gasteiger partial charge in [-0.15, -0.1) is 11.3 Å². The van der Waals surface area contributed by atoms with Crippen LogP contribution in [0.5, 0.6) is 0 Å². The van der Waals surface area contributed by atoms with Crippen LogP contribution in [0.3, 0.4) is 0 Å². The molecule has 0 bridgehead atoms. The summed E-state index contributed by atoms with van der Waals surface area (Å²) < 4.78 is 4.97. The van der Waals surface area contributed by atoms with Crippen LogP contribution in [0.15, 0.2) is 35.1 Å². The van der Waals surface area contributed by atoms with Crippen molar-refractivity contribution < 1.29 is 9.21 Å². The van der Waals surface area contributed by atoms with E-state index in [1.165, 1.54) is 11.3 Å². The molecule has 0 radical (unpaired) electrons. The van der Waals surface area contributed by atoms with Gasteiger partial charge in [-0.3, -0.25) is 4.79 Å². The first-order chi connectivity index (χ1) is 9.33. The zero-order valence-electron chi connectivity index (χ0n) is 10.5. The number of hydrogen-bond donors (Lipinski definition) is 2. The van der Waals surface area contributed by atoms with Crippen LogP contribution in [0, 0.1) is 0 Å². The number of furan rings is 1. The van der Waals surface area contributed by atoms with E-state index in [2.05, 4.69) is 16.7 Å². The second-order valence-corrected chi connectivity index (χ2v) is 5.78. The highest BCUT2D eigenvalue weighted by atomic mass is 32.1. The second kappa shape index (κ2) is 5.59. The number of thiophene rings is 1. The summed E-state index contributed by atoms with van der Waals surface area (Å²) in [6, 6.07) is 6.24. The molecular formula is C14H16N2O2S. The highest BCUT2D eigenvalue weighted by Crippen LogP contribution is 2.29. The van der Waals surface area contributed by atoms with Gasteiger partial charge in [0.15, 0.2) is 0 Å². The SMILES string of the molecule is O=C(NCc1ccoc1)c1ccc(C2CCCN2)s1. The number of amides is 1. The summed E-state index contributed by atoms with van der Waals surface area (Å²) in [6.45, 7) is 1.58. The zero-order chi connectivity index (χ0) is 13.1. The normalized spacial score (nSPS) is 18.6. The summed E-state index contributed by atoms with van der Waals surface area (Å²) in [5, 5.41) is 6.34. The van der Waals surface area contributed by atoms with Crippen LogP contribution >= 0.6 is 11.3 Å². The van der Waals surface area contributed by atoms with Crippen LogP contribution in [0.4, 0.5) is 0 Å². The fraction of sp³-hybridized carbons (Fsp3) is 0.357. The molecule has 1 amide bonds. The predicted molar refractivity (Wildman–Crippen MR) is 74.2 cm³/mol. The maximum atomic E-state index is 12.0. The van der Waals surface area contributed by atoms with Crippen molar-refractivity contribution in [2.24, 2.45) is 0 Å². The summed E-state index contributed by atoms with van der Waals surface area (Å²) in [5.74, 6) is -0.0181. The van der Waals surface area contributed by atoms with Crippen LogP contribution < -0.4 is 10.6 Å². The van der Waals surface area contributed by atoms with Gasteiger partial charge >= 0.3 is 0 Å². The van der Waals surface area contributed by atoms with E-state index in [4.69, 9.17) is 4.42 Å². The molecule has 0 aliphatic carbocycles. The Bertz CT molecular complexity index is 542. The van der Waals surface area contributed by atoms with E-state index in [0.717, 1.165) is 23.4 Å². The molecule has 1 atom stereocenters. The van der Waals surface area contributed by atoms with E-state index in [0.29, 0.717) is 12.6 Å². The molecular weight excluding hydrogens is 260 g/mol. The Balaban J connectivity index is 1.60. The van der Waals surface area contributed by atoms with Crippen molar-refractivity contribution in [3.8, 4) is 0 Å². The van der Waals surface area contributed by atoms with Crippen molar-refractivity contribution >= 4 is 17.2 Å². The quantitative estimate of drug-likeness (QED) is 0.902. The Morgan fingerprint density at radius 3 is 3.16 bits per heavy atom. The Labute approximate surface area is 115 Å². The molecule has 0 aromatic carbocycles. The third-order valence-electron chi connectivity index (χ3n) is 3.29. The van der Waals surface area contributed by atoms with Gasteiger partial charge in [0.2, 0.25) is 0 Å². The van der Waals surface area contributed by atoms with E-state index >= 15 is 0 Å². The Kier molecular flexibility index (Phi) is 3.66. The van der Waals surface area contributed by atoms with Gasteiger partial charge in [0.05, 0.1) is 17.4 Å². The van der Waals surface area contributed by atoms with Gasteiger partial charge in [-0.05, 0) is 37.6 Å². The summed E-state index contributed by atoms with van der Waals surface area (Å²) in [5.41, 5.74) is 0.975. The first-order valence-electron chi connectivity index (χ1n) is 6.45. The molecule has 2 aromatic rings. The number of carbonyl (C=O) groups is 1.